The van der Waals surface area contributed by atoms with Crippen LogP contribution in [-0.2, 0) is 5.54 Å². The van der Waals surface area contributed by atoms with Crippen molar-refractivity contribution in [3.63, 3.8) is 0 Å². The quantitative estimate of drug-likeness (QED) is 0.829. The van der Waals surface area contributed by atoms with E-state index in [-0.39, 0.29) is 11.3 Å². The summed E-state index contributed by atoms with van der Waals surface area (Å²) in [4.78, 5) is 0. The maximum absolute atomic E-state index is 13.4. The maximum Gasteiger partial charge on any atom is 0.197 e. The number of ether oxygens (including phenoxy) is 2. The summed E-state index contributed by atoms with van der Waals surface area (Å²) in [5.74, 6) is 0.117. The van der Waals surface area contributed by atoms with Gasteiger partial charge in [-0.05, 0) is 18.9 Å². The smallest absolute Gasteiger partial charge is 0.197 e. The lowest BCUT2D eigenvalue weighted by Crippen LogP contribution is -2.20. The molecule has 3 nitrogen and oxygen atoms in total. The third-order valence-corrected chi connectivity index (χ3v) is 2.80. The molecule has 1 aromatic carbocycles. The van der Waals surface area contributed by atoms with Crippen molar-refractivity contribution in [1.82, 2.24) is 0 Å². The van der Waals surface area contributed by atoms with Crippen molar-refractivity contribution >= 4 is 0 Å². The van der Waals surface area contributed by atoms with Crippen LogP contribution in [0.15, 0.2) is 12.1 Å². The monoisotopic (exact) mass is 211 g/mol. The molecule has 0 bridgehead atoms. The Kier molecular flexibility index (Phi) is 2.31. The van der Waals surface area contributed by atoms with Gasteiger partial charge in [0.25, 0.3) is 0 Å². The summed E-state index contributed by atoms with van der Waals surface area (Å²) < 4.78 is 23.5. The first-order valence-electron chi connectivity index (χ1n) is 4.82. The molecule has 2 N–H and O–H groups in total. The fraction of sp³-hybridized carbons (Fsp3) is 0.455. The Morgan fingerprint density at radius 2 is 1.80 bits per heavy atom. The van der Waals surface area contributed by atoms with Crippen LogP contribution in [0.1, 0.15) is 18.4 Å². The van der Waals surface area contributed by atoms with Gasteiger partial charge in [-0.25, -0.2) is 4.39 Å². The van der Waals surface area contributed by atoms with E-state index < -0.39 is 5.82 Å². The van der Waals surface area contributed by atoms with E-state index in [0.29, 0.717) is 5.75 Å². The lowest BCUT2D eigenvalue weighted by Gasteiger charge is -2.17. The van der Waals surface area contributed by atoms with E-state index in [0.717, 1.165) is 18.4 Å². The summed E-state index contributed by atoms with van der Waals surface area (Å²) in [5, 5.41) is 0. The molecule has 0 aliphatic heterocycles. The maximum atomic E-state index is 13.4. The Labute approximate surface area is 88.0 Å². The first-order valence-corrected chi connectivity index (χ1v) is 4.82. The fourth-order valence-electron chi connectivity index (χ4n) is 1.73. The Balaban J connectivity index is 2.55. The average molecular weight is 211 g/mol. The van der Waals surface area contributed by atoms with Gasteiger partial charge in [0.15, 0.2) is 17.3 Å². The highest BCUT2D eigenvalue weighted by molar-refractivity contribution is 5.52. The van der Waals surface area contributed by atoms with Crippen molar-refractivity contribution in [2.24, 2.45) is 5.73 Å². The van der Waals surface area contributed by atoms with Gasteiger partial charge in [0.1, 0.15) is 0 Å². The zero-order valence-corrected chi connectivity index (χ0v) is 8.84. The number of hydrogen-bond acceptors (Lipinski definition) is 3. The number of benzene rings is 1. The van der Waals surface area contributed by atoms with Crippen LogP contribution >= 0.6 is 0 Å². The van der Waals surface area contributed by atoms with Crippen LogP contribution < -0.4 is 15.2 Å². The van der Waals surface area contributed by atoms with Crippen LogP contribution in [-0.4, -0.2) is 14.2 Å². The molecule has 1 aromatic rings. The fourth-order valence-corrected chi connectivity index (χ4v) is 1.73. The van der Waals surface area contributed by atoms with Crippen molar-refractivity contribution < 1.29 is 13.9 Å². The zero-order chi connectivity index (χ0) is 11.1. The minimum Gasteiger partial charge on any atom is -0.492 e. The topological polar surface area (TPSA) is 44.5 Å². The molecule has 0 unspecified atom stereocenters. The van der Waals surface area contributed by atoms with Crippen molar-refractivity contribution in [1.29, 1.82) is 0 Å². The molecule has 0 amide bonds. The molecular weight excluding hydrogens is 197 g/mol. The zero-order valence-electron chi connectivity index (χ0n) is 8.84. The third-order valence-electron chi connectivity index (χ3n) is 2.80. The van der Waals surface area contributed by atoms with Crippen molar-refractivity contribution in [2.75, 3.05) is 14.2 Å². The molecule has 0 radical (unpaired) electrons. The highest BCUT2D eigenvalue weighted by Gasteiger charge is 2.43. The lowest BCUT2D eigenvalue weighted by molar-refractivity contribution is 0.332. The number of halogens is 1. The normalized spacial score (nSPS) is 17.3. The molecule has 0 atom stereocenters. The van der Waals surface area contributed by atoms with E-state index in [4.69, 9.17) is 15.2 Å². The number of nitrogens with two attached hydrogens (primary N) is 1. The Morgan fingerprint density at radius 3 is 2.27 bits per heavy atom. The minimum absolute atomic E-state index is 0.131. The second-order valence-corrected chi connectivity index (χ2v) is 3.82. The van der Waals surface area contributed by atoms with Crippen molar-refractivity contribution in [3.05, 3.63) is 23.5 Å². The van der Waals surface area contributed by atoms with E-state index in [2.05, 4.69) is 0 Å². The summed E-state index contributed by atoms with van der Waals surface area (Å²) in [6.45, 7) is 0. The predicted molar refractivity (Wildman–Crippen MR) is 54.6 cm³/mol. The Hall–Kier alpha value is -1.29. The van der Waals surface area contributed by atoms with Gasteiger partial charge in [0.2, 0.25) is 0 Å². The number of methoxy groups -OCH3 is 2. The Morgan fingerprint density at radius 1 is 1.20 bits per heavy atom. The first-order chi connectivity index (χ1) is 7.12. The molecule has 4 heteroatoms. The molecule has 1 aliphatic rings. The Bertz CT molecular complexity index is 388. The summed E-state index contributed by atoms with van der Waals surface area (Å²) in [7, 11) is 2.91. The lowest BCUT2D eigenvalue weighted by atomic mass is 10.0. The highest BCUT2D eigenvalue weighted by atomic mass is 19.1. The van der Waals surface area contributed by atoms with E-state index in [1.54, 1.807) is 6.07 Å². The first kappa shape index (κ1) is 10.2. The van der Waals surface area contributed by atoms with Crippen LogP contribution in [0.5, 0.6) is 11.5 Å². The van der Waals surface area contributed by atoms with Gasteiger partial charge >= 0.3 is 0 Å². The van der Waals surface area contributed by atoms with Gasteiger partial charge in [-0.3, -0.25) is 0 Å². The molecule has 0 heterocycles. The summed E-state index contributed by atoms with van der Waals surface area (Å²) in [5.41, 5.74) is 6.53. The van der Waals surface area contributed by atoms with E-state index in [9.17, 15) is 4.39 Å². The van der Waals surface area contributed by atoms with Gasteiger partial charge < -0.3 is 15.2 Å². The van der Waals surface area contributed by atoms with Crippen LogP contribution in [0.2, 0.25) is 0 Å². The van der Waals surface area contributed by atoms with Crippen molar-refractivity contribution in [2.45, 2.75) is 18.4 Å². The van der Waals surface area contributed by atoms with Crippen LogP contribution in [0.3, 0.4) is 0 Å². The highest BCUT2D eigenvalue weighted by Crippen LogP contribution is 2.49. The van der Waals surface area contributed by atoms with Gasteiger partial charge in [-0.1, -0.05) is 6.07 Å². The third kappa shape index (κ3) is 1.55. The molecule has 0 aromatic heterocycles. The van der Waals surface area contributed by atoms with Crippen molar-refractivity contribution in [3.8, 4) is 11.5 Å². The molecule has 0 saturated heterocycles. The molecule has 1 aliphatic carbocycles. The van der Waals surface area contributed by atoms with Crippen LogP contribution in [0.25, 0.3) is 0 Å². The number of hydrogen-bond donors (Lipinski definition) is 1. The molecule has 0 spiro atoms. The van der Waals surface area contributed by atoms with Crippen LogP contribution in [0.4, 0.5) is 4.39 Å². The second kappa shape index (κ2) is 3.38. The van der Waals surface area contributed by atoms with Gasteiger partial charge in [0, 0.05) is 11.1 Å². The summed E-state index contributed by atoms with van der Waals surface area (Å²) >= 11 is 0. The molecular formula is C11H14FNO2. The van der Waals surface area contributed by atoms with E-state index >= 15 is 0 Å². The largest absolute Gasteiger partial charge is 0.492 e. The van der Waals surface area contributed by atoms with Gasteiger partial charge in [0.05, 0.1) is 14.2 Å². The molecule has 2 rings (SSSR count). The second-order valence-electron chi connectivity index (χ2n) is 3.82. The molecule has 1 saturated carbocycles. The van der Waals surface area contributed by atoms with Crippen LogP contribution in [0, 0.1) is 5.82 Å². The molecule has 15 heavy (non-hydrogen) atoms. The summed E-state index contributed by atoms with van der Waals surface area (Å²) in [6.07, 6.45) is 1.80. The SMILES string of the molecule is COc1c(F)ccc(C2(N)CC2)c1OC. The minimum atomic E-state index is -0.428. The van der Waals surface area contributed by atoms with E-state index in [1.165, 1.54) is 20.3 Å². The summed E-state index contributed by atoms with van der Waals surface area (Å²) in [6, 6.07) is 3.04. The predicted octanol–water partition coefficient (Wildman–Crippen LogP) is 1.79. The van der Waals surface area contributed by atoms with E-state index in [1.807, 2.05) is 0 Å². The van der Waals surface area contributed by atoms with Gasteiger partial charge in [-0.15, -0.1) is 0 Å². The average Bonchev–Trinajstić information content (AvgIpc) is 2.96. The number of rotatable bonds is 3. The molecule has 82 valence electrons. The molecule has 1 fully saturated rings. The standard InChI is InChI=1S/C11H14FNO2/c1-14-9-7(11(13)5-6-11)3-4-8(12)10(9)15-2/h3-4H,5-6,13H2,1-2H3. The van der Waals surface area contributed by atoms with Gasteiger partial charge in [-0.2, -0.15) is 0 Å².